The van der Waals surface area contributed by atoms with Gasteiger partial charge >= 0.3 is 0 Å². The monoisotopic (exact) mass is 313 g/mol. The number of likely N-dealkylation sites (tertiary alicyclic amines) is 1. The Bertz CT molecular complexity index is 641. The number of nitrogens with zero attached hydrogens (tertiary/aromatic N) is 1. The van der Waals surface area contributed by atoms with Crippen LogP contribution in [0.2, 0.25) is 0 Å². The fourth-order valence-corrected chi connectivity index (χ4v) is 3.44. The summed E-state index contributed by atoms with van der Waals surface area (Å²) in [5, 5.41) is 4.51. The van der Waals surface area contributed by atoms with E-state index in [-0.39, 0.29) is 5.91 Å². The number of hydrogen-bond donors (Lipinski definition) is 2. The van der Waals surface area contributed by atoms with Crippen molar-refractivity contribution in [2.24, 2.45) is 0 Å². The minimum atomic E-state index is 0.213. The van der Waals surface area contributed by atoms with Crippen LogP contribution in [0.1, 0.15) is 38.2 Å². The Morgan fingerprint density at radius 3 is 2.87 bits per heavy atom. The third-order valence-corrected chi connectivity index (χ3v) is 4.80. The predicted molar refractivity (Wildman–Crippen MR) is 94.5 cm³/mol. The molecule has 2 heterocycles. The number of benzene rings is 1. The standard InChI is InChI=1S/C19H27N3O/c1-2-5-19(23)21-16-9-12-22(13-10-16)11-8-15-14-20-18-7-4-3-6-17(15)18/h3-4,6-7,14,16,20H,2,5,8-13H2,1H3,(H,21,23). The summed E-state index contributed by atoms with van der Waals surface area (Å²) in [6.07, 6.45) is 6.95. The second-order valence-corrected chi connectivity index (χ2v) is 6.54. The van der Waals surface area contributed by atoms with Gasteiger partial charge in [-0.15, -0.1) is 0 Å². The number of H-pyrrole nitrogens is 1. The van der Waals surface area contributed by atoms with Gasteiger partial charge in [0.2, 0.25) is 5.91 Å². The van der Waals surface area contributed by atoms with Gasteiger partial charge in [0, 0.05) is 49.2 Å². The van der Waals surface area contributed by atoms with E-state index in [2.05, 4.69) is 45.7 Å². The zero-order chi connectivity index (χ0) is 16.1. The lowest BCUT2D eigenvalue weighted by Crippen LogP contribution is -2.45. The Kier molecular flexibility index (Phi) is 5.34. The predicted octanol–water partition coefficient (Wildman–Crippen LogP) is 3.09. The van der Waals surface area contributed by atoms with Gasteiger partial charge in [0.05, 0.1) is 0 Å². The highest BCUT2D eigenvalue weighted by Crippen LogP contribution is 2.19. The summed E-state index contributed by atoms with van der Waals surface area (Å²) in [4.78, 5) is 17.5. The van der Waals surface area contributed by atoms with E-state index in [1.54, 1.807) is 0 Å². The number of piperidine rings is 1. The number of hydrogen-bond acceptors (Lipinski definition) is 2. The SMILES string of the molecule is CCCC(=O)NC1CCN(CCc2c[nH]c3ccccc23)CC1. The first kappa shape index (κ1) is 16.1. The van der Waals surface area contributed by atoms with E-state index in [1.165, 1.54) is 16.5 Å². The molecule has 23 heavy (non-hydrogen) atoms. The van der Waals surface area contributed by atoms with Gasteiger partial charge < -0.3 is 15.2 Å². The minimum Gasteiger partial charge on any atom is -0.361 e. The van der Waals surface area contributed by atoms with Crippen LogP contribution in [0, 0.1) is 0 Å². The van der Waals surface area contributed by atoms with Crippen molar-refractivity contribution in [2.45, 2.75) is 45.1 Å². The molecule has 1 fully saturated rings. The highest BCUT2D eigenvalue weighted by atomic mass is 16.1. The van der Waals surface area contributed by atoms with Crippen LogP contribution < -0.4 is 5.32 Å². The van der Waals surface area contributed by atoms with Crippen LogP contribution in [-0.2, 0) is 11.2 Å². The van der Waals surface area contributed by atoms with E-state index in [0.717, 1.165) is 45.3 Å². The molecule has 1 aromatic heterocycles. The van der Waals surface area contributed by atoms with E-state index in [9.17, 15) is 4.79 Å². The minimum absolute atomic E-state index is 0.213. The van der Waals surface area contributed by atoms with Gasteiger partial charge in [-0.3, -0.25) is 4.79 Å². The first-order valence-electron chi connectivity index (χ1n) is 8.83. The van der Waals surface area contributed by atoms with E-state index in [1.807, 2.05) is 6.92 Å². The summed E-state index contributed by atoms with van der Waals surface area (Å²) in [5.74, 6) is 0.213. The molecule has 0 radical (unpaired) electrons. The molecule has 0 saturated carbocycles. The Hall–Kier alpha value is -1.81. The lowest BCUT2D eigenvalue weighted by atomic mass is 10.0. The quantitative estimate of drug-likeness (QED) is 0.861. The molecular weight excluding hydrogens is 286 g/mol. The number of amides is 1. The maximum Gasteiger partial charge on any atom is 0.220 e. The molecule has 2 aromatic rings. The number of aromatic nitrogens is 1. The average molecular weight is 313 g/mol. The molecule has 0 unspecified atom stereocenters. The number of para-hydroxylation sites is 1. The number of carbonyl (C=O) groups is 1. The maximum atomic E-state index is 11.7. The molecular formula is C19H27N3O. The maximum absolute atomic E-state index is 11.7. The summed E-state index contributed by atoms with van der Waals surface area (Å²) < 4.78 is 0. The number of rotatable bonds is 6. The lowest BCUT2D eigenvalue weighted by molar-refractivity contribution is -0.122. The number of fused-ring (bicyclic) bond motifs is 1. The van der Waals surface area contributed by atoms with Gasteiger partial charge in [-0.2, -0.15) is 0 Å². The molecule has 0 spiro atoms. The van der Waals surface area contributed by atoms with Crippen molar-refractivity contribution in [1.82, 2.24) is 15.2 Å². The fraction of sp³-hybridized carbons (Fsp3) is 0.526. The highest BCUT2D eigenvalue weighted by molar-refractivity contribution is 5.83. The topological polar surface area (TPSA) is 48.1 Å². The van der Waals surface area contributed by atoms with Crippen molar-refractivity contribution in [1.29, 1.82) is 0 Å². The first-order valence-corrected chi connectivity index (χ1v) is 8.83. The van der Waals surface area contributed by atoms with Gasteiger partial charge in [-0.25, -0.2) is 0 Å². The Balaban J connectivity index is 1.45. The fourth-order valence-electron chi connectivity index (χ4n) is 3.44. The van der Waals surface area contributed by atoms with Crippen LogP contribution in [0.4, 0.5) is 0 Å². The average Bonchev–Trinajstić information content (AvgIpc) is 2.98. The Labute approximate surface area is 138 Å². The number of carbonyl (C=O) groups excluding carboxylic acids is 1. The summed E-state index contributed by atoms with van der Waals surface area (Å²) in [6.45, 7) is 5.31. The summed E-state index contributed by atoms with van der Waals surface area (Å²) >= 11 is 0. The molecule has 1 aliphatic rings. The number of aromatic amines is 1. The third kappa shape index (κ3) is 4.14. The normalized spacial score (nSPS) is 16.7. The van der Waals surface area contributed by atoms with Crippen LogP contribution in [0.15, 0.2) is 30.5 Å². The summed E-state index contributed by atoms with van der Waals surface area (Å²) in [7, 11) is 0. The van der Waals surface area contributed by atoms with Crippen molar-refractivity contribution in [3.05, 3.63) is 36.0 Å². The van der Waals surface area contributed by atoms with E-state index in [4.69, 9.17) is 0 Å². The van der Waals surface area contributed by atoms with Crippen LogP contribution in [0.25, 0.3) is 10.9 Å². The van der Waals surface area contributed by atoms with Crippen LogP contribution in [0.3, 0.4) is 0 Å². The van der Waals surface area contributed by atoms with Crippen molar-refractivity contribution in [3.63, 3.8) is 0 Å². The van der Waals surface area contributed by atoms with Gasteiger partial charge in [0.1, 0.15) is 0 Å². The molecule has 4 heteroatoms. The van der Waals surface area contributed by atoms with E-state index >= 15 is 0 Å². The Morgan fingerprint density at radius 1 is 1.30 bits per heavy atom. The molecule has 0 atom stereocenters. The second-order valence-electron chi connectivity index (χ2n) is 6.54. The van der Waals surface area contributed by atoms with Gasteiger partial charge in [-0.05, 0) is 37.3 Å². The zero-order valence-electron chi connectivity index (χ0n) is 14.0. The Morgan fingerprint density at radius 2 is 2.09 bits per heavy atom. The molecule has 3 rings (SSSR count). The van der Waals surface area contributed by atoms with Crippen molar-refractivity contribution in [3.8, 4) is 0 Å². The van der Waals surface area contributed by atoms with Crippen molar-refractivity contribution in [2.75, 3.05) is 19.6 Å². The molecule has 1 aliphatic heterocycles. The lowest BCUT2D eigenvalue weighted by Gasteiger charge is -2.32. The van der Waals surface area contributed by atoms with Crippen molar-refractivity contribution >= 4 is 16.8 Å². The summed E-state index contributed by atoms with van der Waals surface area (Å²) in [5.41, 5.74) is 2.62. The molecule has 1 saturated heterocycles. The summed E-state index contributed by atoms with van der Waals surface area (Å²) in [6, 6.07) is 8.86. The molecule has 0 bridgehead atoms. The number of nitrogens with one attached hydrogen (secondary N) is 2. The van der Waals surface area contributed by atoms with Crippen molar-refractivity contribution < 1.29 is 4.79 Å². The molecule has 0 aliphatic carbocycles. The van der Waals surface area contributed by atoms with Crippen LogP contribution in [-0.4, -0.2) is 41.5 Å². The van der Waals surface area contributed by atoms with Crippen LogP contribution >= 0.6 is 0 Å². The zero-order valence-corrected chi connectivity index (χ0v) is 14.0. The second kappa shape index (κ2) is 7.64. The van der Waals surface area contributed by atoms with Gasteiger partial charge in [0.15, 0.2) is 0 Å². The largest absolute Gasteiger partial charge is 0.361 e. The van der Waals surface area contributed by atoms with Gasteiger partial charge in [0.25, 0.3) is 0 Å². The molecule has 4 nitrogen and oxygen atoms in total. The highest BCUT2D eigenvalue weighted by Gasteiger charge is 2.20. The van der Waals surface area contributed by atoms with Gasteiger partial charge in [-0.1, -0.05) is 25.1 Å². The van der Waals surface area contributed by atoms with E-state index < -0.39 is 0 Å². The first-order chi connectivity index (χ1) is 11.3. The molecule has 2 N–H and O–H groups in total. The third-order valence-electron chi connectivity index (χ3n) is 4.80. The molecule has 1 aromatic carbocycles. The molecule has 1 amide bonds. The molecule has 124 valence electrons. The van der Waals surface area contributed by atoms with E-state index in [0.29, 0.717) is 12.5 Å². The smallest absolute Gasteiger partial charge is 0.220 e. The van der Waals surface area contributed by atoms with Crippen LogP contribution in [0.5, 0.6) is 0 Å².